The summed E-state index contributed by atoms with van der Waals surface area (Å²) in [5.74, 6) is 0. The van der Waals surface area contributed by atoms with E-state index in [1.807, 2.05) is 0 Å². The fourth-order valence-corrected chi connectivity index (χ4v) is 1.76. The second kappa shape index (κ2) is 6.09. The van der Waals surface area contributed by atoms with E-state index in [-0.39, 0.29) is 0 Å². The maximum atomic E-state index is 3.46. The van der Waals surface area contributed by atoms with Crippen molar-refractivity contribution in [2.75, 3.05) is 6.54 Å². The van der Waals surface area contributed by atoms with Crippen molar-refractivity contribution in [3.05, 3.63) is 46.0 Å². The molecule has 0 heterocycles. The monoisotopic (exact) mass is 267 g/mol. The quantitative estimate of drug-likeness (QED) is 0.812. The van der Waals surface area contributed by atoms with E-state index in [0.29, 0.717) is 6.04 Å². The Kier molecular flexibility index (Phi) is 5.06. The van der Waals surface area contributed by atoms with Gasteiger partial charge >= 0.3 is 0 Å². The van der Waals surface area contributed by atoms with Crippen molar-refractivity contribution in [3.63, 3.8) is 0 Å². The Labute approximate surface area is 101 Å². The largest absolute Gasteiger partial charge is 0.307 e. The van der Waals surface area contributed by atoms with Crippen LogP contribution in [0, 0.1) is 0 Å². The molecule has 1 aromatic rings. The Hall–Kier alpha value is -0.600. The van der Waals surface area contributed by atoms with Crippen molar-refractivity contribution in [1.82, 2.24) is 5.32 Å². The van der Waals surface area contributed by atoms with Gasteiger partial charge in [-0.25, -0.2) is 0 Å². The first-order valence-electron chi connectivity index (χ1n) is 5.27. The van der Waals surface area contributed by atoms with Crippen LogP contribution in [0.25, 0.3) is 0 Å². The van der Waals surface area contributed by atoms with Crippen LogP contribution in [-0.4, -0.2) is 6.54 Å². The van der Waals surface area contributed by atoms with E-state index in [9.17, 15) is 0 Å². The molecule has 0 saturated heterocycles. The van der Waals surface area contributed by atoms with Gasteiger partial charge in [0.25, 0.3) is 0 Å². The molecule has 0 saturated carbocycles. The van der Waals surface area contributed by atoms with Crippen molar-refractivity contribution in [2.24, 2.45) is 0 Å². The van der Waals surface area contributed by atoms with Crippen LogP contribution < -0.4 is 5.32 Å². The van der Waals surface area contributed by atoms with Crippen molar-refractivity contribution < 1.29 is 0 Å². The summed E-state index contributed by atoms with van der Waals surface area (Å²) in [6.45, 7) is 7.36. The zero-order valence-electron chi connectivity index (χ0n) is 9.55. The van der Waals surface area contributed by atoms with Crippen LogP contribution >= 0.6 is 15.9 Å². The lowest BCUT2D eigenvalue weighted by Gasteiger charge is -2.15. The highest BCUT2D eigenvalue weighted by atomic mass is 79.9. The van der Waals surface area contributed by atoms with Gasteiger partial charge in [0.15, 0.2) is 0 Å². The molecule has 0 amide bonds. The molecule has 0 bridgehead atoms. The molecule has 1 aromatic carbocycles. The molecule has 1 unspecified atom stereocenters. The minimum absolute atomic E-state index is 0.327. The minimum Gasteiger partial charge on any atom is -0.307 e. The summed E-state index contributed by atoms with van der Waals surface area (Å²) < 4.78 is 1.12. The Morgan fingerprint density at radius 3 is 2.40 bits per heavy atom. The first-order chi connectivity index (χ1) is 7.13. The molecule has 1 rings (SSSR count). The second-order valence-corrected chi connectivity index (χ2v) is 4.75. The smallest absolute Gasteiger partial charge is 0.0508 e. The van der Waals surface area contributed by atoms with E-state index in [1.54, 1.807) is 0 Å². The third-order valence-corrected chi connectivity index (χ3v) is 2.68. The first-order valence-corrected chi connectivity index (χ1v) is 6.06. The lowest BCUT2D eigenvalue weighted by molar-refractivity contribution is 0.644. The highest BCUT2D eigenvalue weighted by Gasteiger charge is 2.05. The van der Waals surface area contributed by atoms with Gasteiger partial charge in [0, 0.05) is 4.47 Å². The van der Waals surface area contributed by atoms with Gasteiger partial charge in [0.2, 0.25) is 0 Å². The topological polar surface area (TPSA) is 12.0 Å². The molecule has 2 heteroatoms. The van der Waals surface area contributed by atoms with Crippen molar-refractivity contribution in [1.29, 1.82) is 0 Å². The molecule has 0 aliphatic heterocycles. The average molecular weight is 268 g/mol. The van der Waals surface area contributed by atoms with Crippen LogP contribution in [0.3, 0.4) is 0 Å². The van der Waals surface area contributed by atoms with Crippen molar-refractivity contribution in [2.45, 2.75) is 26.8 Å². The third kappa shape index (κ3) is 4.18. The fraction of sp³-hybridized carbons (Fsp3) is 0.385. The Balaban J connectivity index is 2.88. The third-order valence-electron chi connectivity index (χ3n) is 2.15. The van der Waals surface area contributed by atoms with Crippen LogP contribution in [-0.2, 0) is 0 Å². The summed E-state index contributed by atoms with van der Waals surface area (Å²) in [5.41, 5.74) is 2.64. The lowest BCUT2D eigenvalue weighted by atomic mass is 10.0. The molecule has 0 aliphatic carbocycles. The molecule has 1 N–H and O–H groups in total. The van der Waals surface area contributed by atoms with Gasteiger partial charge in [-0.15, -0.1) is 0 Å². The van der Waals surface area contributed by atoms with E-state index in [0.717, 1.165) is 11.0 Å². The Morgan fingerprint density at radius 1 is 1.33 bits per heavy atom. The van der Waals surface area contributed by atoms with E-state index >= 15 is 0 Å². The molecular formula is C13H18BrN. The molecule has 0 fully saturated rings. The van der Waals surface area contributed by atoms with Crippen molar-refractivity contribution in [3.8, 4) is 0 Å². The molecule has 82 valence electrons. The van der Waals surface area contributed by atoms with Gasteiger partial charge in [-0.2, -0.15) is 0 Å². The lowest BCUT2D eigenvalue weighted by Crippen LogP contribution is -2.19. The maximum Gasteiger partial charge on any atom is 0.0508 e. The highest BCUT2D eigenvalue weighted by Crippen LogP contribution is 2.19. The van der Waals surface area contributed by atoms with Crippen LogP contribution in [0.4, 0.5) is 0 Å². The Morgan fingerprint density at radius 2 is 1.93 bits per heavy atom. The summed E-state index contributed by atoms with van der Waals surface area (Å²) in [6.07, 6.45) is 2.26. The predicted molar refractivity (Wildman–Crippen MR) is 70.0 cm³/mol. The van der Waals surface area contributed by atoms with E-state index in [4.69, 9.17) is 0 Å². The average Bonchev–Trinajstić information content (AvgIpc) is 2.17. The summed E-state index contributed by atoms with van der Waals surface area (Å²) in [6, 6.07) is 8.79. The maximum absolute atomic E-state index is 3.46. The minimum atomic E-state index is 0.327. The zero-order chi connectivity index (χ0) is 11.3. The fourth-order valence-electron chi connectivity index (χ4n) is 1.50. The molecule has 0 spiro atoms. The number of hydrogen-bond acceptors (Lipinski definition) is 1. The molecular weight excluding hydrogens is 250 g/mol. The van der Waals surface area contributed by atoms with Gasteiger partial charge in [-0.3, -0.25) is 0 Å². The Bertz CT molecular complexity index is 323. The standard InChI is InChI=1S/C13H18BrN/c1-4-15-13(9-10(2)3)11-5-7-12(14)8-6-11/h5-9,13,15H,4H2,1-3H3. The van der Waals surface area contributed by atoms with Gasteiger partial charge in [0.05, 0.1) is 6.04 Å². The van der Waals surface area contributed by atoms with Crippen LogP contribution in [0.2, 0.25) is 0 Å². The summed E-state index contributed by atoms with van der Waals surface area (Å²) >= 11 is 3.45. The van der Waals surface area contributed by atoms with E-state index in [2.05, 4.69) is 72.4 Å². The molecule has 1 atom stereocenters. The van der Waals surface area contributed by atoms with Gasteiger partial charge in [-0.1, -0.05) is 46.6 Å². The number of rotatable bonds is 4. The molecule has 0 aliphatic rings. The number of likely N-dealkylation sites (N-methyl/N-ethyl adjacent to an activating group) is 1. The molecule has 0 aromatic heterocycles. The second-order valence-electron chi connectivity index (χ2n) is 3.83. The molecule has 1 nitrogen and oxygen atoms in total. The summed E-state index contributed by atoms with van der Waals surface area (Å²) in [7, 11) is 0. The molecule has 0 radical (unpaired) electrons. The molecule has 15 heavy (non-hydrogen) atoms. The van der Waals surface area contributed by atoms with Gasteiger partial charge in [0.1, 0.15) is 0 Å². The van der Waals surface area contributed by atoms with Crippen molar-refractivity contribution >= 4 is 15.9 Å². The number of benzene rings is 1. The number of halogens is 1. The van der Waals surface area contributed by atoms with Crippen LogP contribution in [0.15, 0.2) is 40.4 Å². The van der Waals surface area contributed by atoms with Crippen LogP contribution in [0.5, 0.6) is 0 Å². The summed E-state index contributed by atoms with van der Waals surface area (Å²) in [4.78, 5) is 0. The number of nitrogens with one attached hydrogen (secondary N) is 1. The normalized spacial score (nSPS) is 12.3. The van der Waals surface area contributed by atoms with E-state index in [1.165, 1.54) is 11.1 Å². The SMILES string of the molecule is CCNC(C=C(C)C)c1ccc(Br)cc1. The van der Waals surface area contributed by atoms with Crippen LogP contribution in [0.1, 0.15) is 32.4 Å². The first kappa shape index (κ1) is 12.5. The summed E-state index contributed by atoms with van der Waals surface area (Å²) in [5, 5.41) is 3.46. The van der Waals surface area contributed by atoms with E-state index < -0.39 is 0 Å². The highest BCUT2D eigenvalue weighted by molar-refractivity contribution is 9.10. The predicted octanol–water partition coefficient (Wildman–Crippen LogP) is 4.07. The van der Waals surface area contributed by atoms with Gasteiger partial charge in [-0.05, 0) is 38.1 Å². The van der Waals surface area contributed by atoms with Gasteiger partial charge < -0.3 is 5.32 Å². The zero-order valence-corrected chi connectivity index (χ0v) is 11.1. The number of allylic oxidation sites excluding steroid dienone is 1. The number of hydrogen-bond donors (Lipinski definition) is 1.